The monoisotopic (exact) mass is 1020 g/mol. The van der Waals surface area contributed by atoms with Gasteiger partial charge in [0, 0.05) is 56.5 Å². The molecule has 4 heterocycles. The van der Waals surface area contributed by atoms with Crippen molar-refractivity contribution >= 4 is 11.9 Å². The average Bonchev–Trinajstić information content (AvgIpc) is 3.32. The molecule has 20 nitrogen and oxygen atoms in total. The highest BCUT2D eigenvalue weighted by atomic mass is 16.7. The van der Waals surface area contributed by atoms with Gasteiger partial charge in [-0.25, -0.2) is 0 Å². The third-order valence-corrected chi connectivity index (χ3v) is 13.0. The second-order valence-electron chi connectivity index (χ2n) is 19.0. The summed E-state index contributed by atoms with van der Waals surface area (Å²) in [5.41, 5.74) is 6.60. The van der Waals surface area contributed by atoms with Gasteiger partial charge in [0.25, 0.3) is 0 Å². The Hall–Kier alpha value is -4.33. The summed E-state index contributed by atoms with van der Waals surface area (Å²) in [5.74, 6) is -5.86. The van der Waals surface area contributed by atoms with Crippen molar-refractivity contribution in [1.29, 1.82) is 0 Å². The fraction of sp³-hybridized carbons (Fsp3) is 0.596. The van der Waals surface area contributed by atoms with Crippen LogP contribution in [-0.2, 0) is 35.1 Å². The lowest BCUT2D eigenvalue weighted by Gasteiger charge is -2.46. The van der Waals surface area contributed by atoms with E-state index >= 15 is 0 Å². The van der Waals surface area contributed by atoms with E-state index in [1.807, 2.05) is 13.0 Å². The number of aliphatic hydroxyl groups is 11. The van der Waals surface area contributed by atoms with E-state index in [4.69, 9.17) is 24.7 Å². The number of ether oxygens (including phenoxy) is 4. The summed E-state index contributed by atoms with van der Waals surface area (Å²) in [6.07, 6.45) is 4.78. The Balaban J connectivity index is 1.61. The fourth-order valence-electron chi connectivity index (χ4n) is 8.60. The number of esters is 1. The number of nitrogens with one attached hydrogen (secondary N) is 1. The summed E-state index contributed by atoms with van der Waals surface area (Å²) in [6.45, 7) is 5.23. The number of aliphatic hydroxyl groups excluding tert-OH is 10. The number of hydrogen-bond acceptors (Lipinski definition) is 19. The first kappa shape index (κ1) is 60.2. The van der Waals surface area contributed by atoms with Gasteiger partial charge in [-0.05, 0) is 37.8 Å². The van der Waals surface area contributed by atoms with Gasteiger partial charge in [-0.3, -0.25) is 14.6 Å². The molecular weight excluding hydrogens is 939 g/mol. The second-order valence-corrected chi connectivity index (χ2v) is 19.0. The number of nitrogens with zero attached hydrogens (tertiary/aromatic N) is 1. The third-order valence-electron chi connectivity index (χ3n) is 13.0. The number of fused-ring (bicyclic) bond motifs is 2. The minimum Gasteiger partial charge on any atom is -0.462 e. The summed E-state index contributed by atoms with van der Waals surface area (Å²) in [5, 5.41) is 123. The maximum Gasteiger partial charge on any atom is 0.308 e. The van der Waals surface area contributed by atoms with E-state index in [0.29, 0.717) is 5.56 Å². The van der Waals surface area contributed by atoms with Gasteiger partial charge in [-0.2, -0.15) is 0 Å². The highest BCUT2D eigenvalue weighted by Gasteiger charge is 2.51. The lowest BCUT2D eigenvalue weighted by Crippen LogP contribution is -2.62. The van der Waals surface area contributed by atoms with Crippen LogP contribution in [0.4, 0.5) is 0 Å². The number of allylic oxidation sites excluding steroid dienone is 12. The first-order valence-corrected chi connectivity index (χ1v) is 24.5. The molecule has 3 aliphatic rings. The summed E-state index contributed by atoms with van der Waals surface area (Å²) in [7, 11) is 0. The second kappa shape index (κ2) is 30.1. The van der Waals surface area contributed by atoms with Crippen LogP contribution in [0, 0.1) is 17.8 Å². The number of hydrogen-bond donors (Lipinski definition) is 13. The van der Waals surface area contributed by atoms with Crippen LogP contribution < -0.4 is 11.1 Å². The average molecular weight is 1020 g/mol. The van der Waals surface area contributed by atoms with Crippen molar-refractivity contribution in [2.24, 2.45) is 23.5 Å². The zero-order valence-corrected chi connectivity index (χ0v) is 41.0. The van der Waals surface area contributed by atoms with E-state index in [2.05, 4.69) is 10.3 Å². The number of cyclic esters (lactones) is 1. The zero-order chi connectivity index (χ0) is 53.0. The molecule has 4 rings (SSSR count). The predicted molar refractivity (Wildman–Crippen MR) is 262 cm³/mol. The maximum atomic E-state index is 13.9. The molecule has 1 aromatic heterocycles. The quantitative estimate of drug-likeness (QED) is 0.176. The highest BCUT2D eigenvalue weighted by Crippen LogP contribution is 2.38. The van der Waals surface area contributed by atoms with E-state index in [0.717, 1.165) is 0 Å². The number of amides is 1. The molecule has 402 valence electrons. The molecule has 0 radical (unpaired) electrons. The van der Waals surface area contributed by atoms with Crippen molar-refractivity contribution in [3.05, 3.63) is 115 Å². The van der Waals surface area contributed by atoms with Gasteiger partial charge in [-0.1, -0.05) is 105 Å². The van der Waals surface area contributed by atoms with Crippen molar-refractivity contribution in [3.63, 3.8) is 0 Å². The predicted octanol–water partition coefficient (Wildman–Crippen LogP) is 0.268. The van der Waals surface area contributed by atoms with Gasteiger partial charge < -0.3 is 86.2 Å². The van der Waals surface area contributed by atoms with Gasteiger partial charge in [0.1, 0.15) is 18.3 Å². The molecule has 20 heteroatoms. The molecule has 0 aliphatic carbocycles. The van der Waals surface area contributed by atoms with Crippen LogP contribution in [0.15, 0.2) is 110 Å². The number of nitrogens with two attached hydrogens (primary N) is 1. The standard InChI is InChI=1S/C52H77N3O17/c1-31-17-14-12-10-8-6-4-5-7-9-11-13-15-19-38(70-51-48(65)45(53)47(64)50(67)71-51)26-42-44(49(66)55-30-34-18-16-22-54-29-34)41(61)28-52(68,72-42)27-37(58)24-40(60)39(59)21-20-35(56)23-36(57)25-43(62)69-33(3)32(2)46(31)63/h4-19,22,29,31-33,35-42,44-48,50-51,56-61,63-65,67-68H,20-21,23-28,30,53H2,1-3H3,(H,55,66)/b5-4+,8-6+,9-7+,12-10+,13-11+,17-14+,19-15+/t31-,32-,33-,35+,36+,37-,38-,39+,40+,41-,42-,44+,45-,46+,47-,48-,50-,51+,52+/m0/s1. The van der Waals surface area contributed by atoms with E-state index in [1.54, 1.807) is 105 Å². The van der Waals surface area contributed by atoms with Crippen LogP contribution in [0.2, 0.25) is 0 Å². The number of carbonyl (C=O) groups is 2. The van der Waals surface area contributed by atoms with Gasteiger partial charge >= 0.3 is 5.97 Å². The maximum absolute atomic E-state index is 13.9. The molecule has 0 spiro atoms. The fourth-order valence-corrected chi connectivity index (χ4v) is 8.60. The van der Waals surface area contributed by atoms with Crippen LogP contribution in [0.3, 0.4) is 0 Å². The molecule has 19 atom stereocenters. The van der Waals surface area contributed by atoms with Gasteiger partial charge in [-0.15, -0.1) is 0 Å². The largest absolute Gasteiger partial charge is 0.462 e. The zero-order valence-electron chi connectivity index (χ0n) is 41.0. The third kappa shape index (κ3) is 19.8. The first-order chi connectivity index (χ1) is 34.2. The Kier molecular flexibility index (Phi) is 25.2. The van der Waals surface area contributed by atoms with Crippen molar-refractivity contribution in [3.8, 4) is 0 Å². The van der Waals surface area contributed by atoms with Crippen LogP contribution in [0.5, 0.6) is 0 Å². The molecule has 0 saturated carbocycles. The smallest absolute Gasteiger partial charge is 0.308 e. The lowest BCUT2D eigenvalue weighted by molar-refractivity contribution is -0.331. The highest BCUT2D eigenvalue weighted by molar-refractivity contribution is 5.80. The Bertz CT molecular complexity index is 2000. The topological polar surface area (TPSA) is 345 Å². The van der Waals surface area contributed by atoms with Crippen LogP contribution in [-0.4, -0.2) is 171 Å². The minimum absolute atomic E-state index is 0.0150. The normalized spacial score (nSPS) is 42.1. The Morgan fingerprint density at radius 1 is 0.750 bits per heavy atom. The Morgan fingerprint density at radius 2 is 1.38 bits per heavy atom. The first-order valence-electron chi connectivity index (χ1n) is 24.5. The van der Waals surface area contributed by atoms with E-state index in [1.165, 1.54) is 12.3 Å². The molecular formula is C52H77N3O17. The number of carbonyl (C=O) groups excluding carboxylic acids is 2. The van der Waals surface area contributed by atoms with Crippen molar-refractivity contribution < 1.29 is 84.7 Å². The Morgan fingerprint density at radius 3 is 2.00 bits per heavy atom. The van der Waals surface area contributed by atoms with Gasteiger partial charge in [0.15, 0.2) is 18.4 Å². The van der Waals surface area contributed by atoms with Crippen molar-refractivity contribution in [2.75, 3.05) is 0 Å². The molecule has 2 saturated heterocycles. The number of pyridine rings is 1. The molecule has 2 bridgehead atoms. The van der Waals surface area contributed by atoms with E-state index in [9.17, 15) is 65.8 Å². The summed E-state index contributed by atoms with van der Waals surface area (Å²) >= 11 is 0. The molecule has 1 amide bonds. The lowest BCUT2D eigenvalue weighted by atomic mass is 9.82. The van der Waals surface area contributed by atoms with E-state index in [-0.39, 0.29) is 38.1 Å². The summed E-state index contributed by atoms with van der Waals surface area (Å²) in [6, 6.07) is 2.01. The molecule has 72 heavy (non-hydrogen) atoms. The van der Waals surface area contributed by atoms with Crippen LogP contribution in [0.25, 0.3) is 0 Å². The molecule has 1 aromatic rings. The SMILES string of the molecule is C[C@@H]1[C@H](O)[C@@H](C)/C=C/C=C/C=C/C=C/C=C/C=C/C=C/[C@H](O[C@@H]2O[C@H](O)[C@@H](O)[C@H](N)[C@@H]2O)C[C@@H]2O[C@](O)(C[C@@H](O)C[C@@H](O)[C@H](O)CC[C@@H](O)C[C@@H](O)CC(=O)O[C@H]1C)C[C@H](O)[C@H]2C(=O)NCc1cccnc1. The van der Waals surface area contributed by atoms with E-state index < -0.39 is 147 Å². The molecule has 14 N–H and O–H groups in total. The number of aromatic nitrogens is 1. The van der Waals surface area contributed by atoms with Crippen molar-refractivity contribution in [1.82, 2.24) is 10.3 Å². The van der Waals surface area contributed by atoms with Crippen molar-refractivity contribution in [2.45, 2.75) is 176 Å². The molecule has 0 aromatic carbocycles. The molecule has 0 unspecified atom stereocenters. The molecule has 3 aliphatic heterocycles. The minimum atomic E-state index is -2.33. The molecule has 2 fully saturated rings. The van der Waals surface area contributed by atoms with Crippen LogP contribution >= 0.6 is 0 Å². The summed E-state index contributed by atoms with van der Waals surface area (Å²) < 4.78 is 23.1. The number of rotatable bonds is 5. The van der Waals surface area contributed by atoms with Gasteiger partial charge in [0.05, 0.1) is 73.3 Å². The van der Waals surface area contributed by atoms with Gasteiger partial charge in [0.2, 0.25) is 5.91 Å². The summed E-state index contributed by atoms with van der Waals surface area (Å²) in [4.78, 5) is 30.7. The Labute approximate surface area is 420 Å². The van der Waals surface area contributed by atoms with Crippen LogP contribution in [0.1, 0.15) is 77.7 Å².